The van der Waals surface area contributed by atoms with Gasteiger partial charge >= 0.3 is 0 Å². The van der Waals surface area contributed by atoms with Crippen molar-refractivity contribution in [2.75, 3.05) is 0 Å². The van der Waals surface area contributed by atoms with Crippen LogP contribution in [0.1, 0.15) is 32.3 Å². The van der Waals surface area contributed by atoms with E-state index in [-0.39, 0.29) is 4.75 Å². The van der Waals surface area contributed by atoms with E-state index in [0.717, 1.165) is 17.3 Å². The molecule has 0 aliphatic rings. The van der Waals surface area contributed by atoms with Crippen LogP contribution in [0.15, 0.2) is 12.3 Å². The predicted molar refractivity (Wildman–Crippen MR) is 61.0 cm³/mol. The summed E-state index contributed by atoms with van der Waals surface area (Å²) in [4.78, 5) is 8.54. The molecule has 0 aliphatic carbocycles. The Balaban J connectivity index is 2.59. The third-order valence-electron chi connectivity index (χ3n) is 1.61. The molecule has 0 spiro atoms. The molecule has 1 aromatic heterocycles. The maximum atomic E-state index is 5.50. The Hall–Kier alpha value is -0.610. The second kappa shape index (κ2) is 4.75. The van der Waals surface area contributed by atoms with E-state index in [9.17, 15) is 0 Å². The van der Waals surface area contributed by atoms with Crippen molar-refractivity contribution in [2.45, 2.75) is 37.8 Å². The van der Waals surface area contributed by atoms with E-state index in [1.54, 1.807) is 6.20 Å². The number of thioether (sulfide) groups is 1. The Morgan fingerprint density at radius 1 is 1.43 bits per heavy atom. The van der Waals surface area contributed by atoms with E-state index in [1.807, 2.05) is 17.8 Å². The Bertz CT molecular complexity index is 294. The lowest BCUT2D eigenvalue weighted by Crippen LogP contribution is -2.09. The number of rotatable bonds is 3. The Labute approximate surface area is 89.5 Å². The van der Waals surface area contributed by atoms with E-state index in [2.05, 4.69) is 30.7 Å². The van der Waals surface area contributed by atoms with Gasteiger partial charge in [-0.3, -0.25) is 0 Å². The molecular weight excluding hydrogens is 194 g/mol. The summed E-state index contributed by atoms with van der Waals surface area (Å²) in [5, 5.41) is 0. The van der Waals surface area contributed by atoms with Crippen LogP contribution in [0.25, 0.3) is 0 Å². The molecule has 3 nitrogen and oxygen atoms in total. The summed E-state index contributed by atoms with van der Waals surface area (Å²) >= 11 is 1.84. The Morgan fingerprint density at radius 3 is 2.71 bits per heavy atom. The van der Waals surface area contributed by atoms with E-state index >= 15 is 0 Å². The van der Waals surface area contributed by atoms with Crippen LogP contribution in [0.5, 0.6) is 0 Å². The van der Waals surface area contributed by atoms with E-state index in [4.69, 9.17) is 5.73 Å². The molecule has 0 aromatic carbocycles. The third-order valence-corrected chi connectivity index (χ3v) is 2.88. The van der Waals surface area contributed by atoms with Gasteiger partial charge in [0.25, 0.3) is 0 Å². The van der Waals surface area contributed by atoms with Gasteiger partial charge in [-0.25, -0.2) is 9.97 Å². The van der Waals surface area contributed by atoms with Gasteiger partial charge in [0.1, 0.15) is 5.82 Å². The van der Waals surface area contributed by atoms with E-state index in [1.165, 1.54) is 0 Å². The van der Waals surface area contributed by atoms with E-state index < -0.39 is 0 Å². The van der Waals surface area contributed by atoms with Gasteiger partial charge in [0.2, 0.25) is 0 Å². The lowest BCUT2D eigenvalue weighted by Gasteiger charge is -2.16. The zero-order chi connectivity index (χ0) is 10.6. The van der Waals surface area contributed by atoms with Crippen LogP contribution < -0.4 is 5.73 Å². The summed E-state index contributed by atoms with van der Waals surface area (Å²) in [6, 6.07) is 1.85. The van der Waals surface area contributed by atoms with Crippen molar-refractivity contribution in [3.05, 3.63) is 23.8 Å². The van der Waals surface area contributed by atoms with Crippen LogP contribution >= 0.6 is 11.8 Å². The summed E-state index contributed by atoms with van der Waals surface area (Å²) < 4.78 is 0.252. The van der Waals surface area contributed by atoms with Crippen molar-refractivity contribution in [3.8, 4) is 0 Å². The first kappa shape index (κ1) is 11.5. The number of hydrogen-bond acceptors (Lipinski definition) is 4. The first-order valence-corrected chi connectivity index (χ1v) is 5.64. The van der Waals surface area contributed by atoms with Crippen LogP contribution in [0.3, 0.4) is 0 Å². The summed E-state index contributed by atoms with van der Waals surface area (Å²) in [5.41, 5.74) is 6.41. The van der Waals surface area contributed by atoms with Gasteiger partial charge in [0.05, 0.1) is 11.4 Å². The third kappa shape index (κ3) is 4.07. The minimum absolute atomic E-state index is 0.252. The van der Waals surface area contributed by atoms with Crippen molar-refractivity contribution in [1.82, 2.24) is 9.97 Å². The molecule has 4 heteroatoms. The number of aromatic nitrogens is 2. The highest BCUT2D eigenvalue weighted by Gasteiger charge is 2.11. The van der Waals surface area contributed by atoms with Gasteiger partial charge < -0.3 is 5.73 Å². The second-order valence-corrected chi connectivity index (χ2v) is 5.87. The van der Waals surface area contributed by atoms with Crippen molar-refractivity contribution in [2.24, 2.45) is 5.73 Å². The molecule has 1 rings (SSSR count). The Morgan fingerprint density at radius 2 is 2.14 bits per heavy atom. The zero-order valence-corrected chi connectivity index (χ0v) is 9.77. The molecule has 0 saturated heterocycles. The highest BCUT2D eigenvalue weighted by Crippen LogP contribution is 2.25. The average molecular weight is 211 g/mol. The van der Waals surface area contributed by atoms with Gasteiger partial charge in [-0.05, 0) is 6.07 Å². The van der Waals surface area contributed by atoms with Crippen molar-refractivity contribution >= 4 is 11.8 Å². The number of nitrogens with zero attached hydrogens (tertiary/aromatic N) is 2. The first-order valence-electron chi connectivity index (χ1n) is 4.66. The molecule has 0 fully saturated rings. The average Bonchev–Trinajstić information content (AvgIpc) is 2.14. The van der Waals surface area contributed by atoms with Crippen LogP contribution in [0.4, 0.5) is 0 Å². The van der Waals surface area contributed by atoms with Gasteiger partial charge in [-0.1, -0.05) is 20.8 Å². The molecule has 1 aromatic rings. The summed E-state index contributed by atoms with van der Waals surface area (Å²) in [7, 11) is 0. The van der Waals surface area contributed by atoms with Crippen molar-refractivity contribution in [1.29, 1.82) is 0 Å². The topological polar surface area (TPSA) is 51.8 Å². The largest absolute Gasteiger partial charge is 0.325 e. The molecule has 0 saturated carbocycles. The van der Waals surface area contributed by atoms with Crippen molar-refractivity contribution < 1.29 is 0 Å². The minimum Gasteiger partial charge on any atom is -0.325 e. The smallest absolute Gasteiger partial charge is 0.138 e. The van der Waals surface area contributed by atoms with Crippen LogP contribution in [0, 0.1) is 0 Å². The highest BCUT2D eigenvalue weighted by molar-refractivity contribution is 7.99. The van der Waals surface area contributed by atoms with Gasteiger partial charge in [0.15, 0.2) is 0 Å². The van der Waals surface area contributed by atoms with E-state index in [0.29, 0.717) is 6.54 Å². The molecule has 0 aliphatic heterocycles. The quantitative estimate of drug-likeness (QED) is 0.830. The molecule has 2 N–H and O–H groups in total. The fraction of sp³-hybridized carbons (Fsp3) is 0.600. The molecular formula is C10H17N3S. The maximum Gasteiger partial charge on any atom is 0.138 e. The fourth-order valence-electron chi connectivity index (χ4n) is 0.906. The molecule has 0 atom stereocenters. The summed E-state index contributed by atoms with van der Waals surface area (Å²) in [6.45, 7) is 7.04. The predicted octanol–water partition coefficient (Wildman–Crippen LogP) is 1.97. The van der Waals surface area contributed by atoms with Crippen LogP contribution in [-0.4, -0.2) is 14.7 Å². The second-order valence-electron chi connectivity index (χ2n) is 4.07. The highest BCUT2D eigenvalue weighted by atomic mass is 32.2. The minimum atomic E-state index is 0.252. The lowest BCUT2D eigenvalue weighted by atomic mass is 10.3. The SMILES string of the molecule is CC(C)(C)SCc1nccc(CN)n1. The van der Waals surface area contributed by atoms with Crippen LogP contribution in [0.2, 0.25) is 0 Å². The maximum absolute atomic E-state index is 5.50. The van der Waals surface area contributed by atoms with Crippen molar-refractivity contribution in [3.63, 3.8) is 0 Å². The summed E-state index contributed by atoms with van der Waals surface area (Å²) in [5.74, 6) is 1.71. The molecule has 0 bridgehead atoms. The van der Waals surface area contributed by atoms with Gasteiger partial charge in [-0.15, -0.1) is 11.8 Å². The lowest BCUT2D eigenvalue weighted by molar-refractivity contribution is 0.799. The molecule has 0 amide bonds. The normalized spacial score (nSPS) is 11.7. The molecule has 0 radical (unpaired) electrons. The Kier molecular flexibility index (Phi) is 3.89. The molecule has 0 unspecified atom stereocenters. The molecule has 14 heavy (non-hydrogen) atoms. The van der Waals surface area contributed by atoms with Gasteiger partial charge in [-0.2, -0.15) is 0 Å². The summed E-state index contributed by atoms with van der Waals surface area (Å²) in [6.07, 6.45) is 1.77. The first-order chi connectivity index (χ1) is 6.51. The molecule has 78 valence electrons. The standard InChI is InChI=1S/C10H17N3S/c1-10(2,3)14-7-9-12-5-4-8(6-11)13-9/h4-5H,6-7,11H2,1-3H3. The van der Waals surface area contributed by atoms with Gasteiger partial charge in [0, 0.05) is 17.5 Å². The number of hydrogen-bond donors (Lipinski definition) is 1. The van der Waals surface area contributed by atoms with Crippen LogP contribution in [-0.2, 0) is 12.3 Å². The molecule has 1 heterocycles. The number of nitrogens with two attached hydrogens (primary N) is 1. The fourth-order valence-corrected chi connectivity index (χ4v) is 1.61. The monoisotopic (exact) mass is 211 g/mol. The zero-order valence-electron chi connectivity index (χ0n) is 8.95.